The number of carbonyl (C=O) groups excluding carboxylic acids is 1. The monoisotopic (exact) mass is 208 g/mol. The molecule has 0 saturated heterocycles. The van der Waals surface area contributed by atoms with Crippen molar-refractivity contribution in [2.24, 2.45) is 0 Å². The van der Waals surface area contributed by atoms with Gasteiger partial charge in [-0.05, 0) is 32.9 Å². The van der Waals surface area contributed by atoms with Crippen molar-refractivity contribution in [3.8, 4) is 5.75 Å². The summed E-state index contributed by atoms with van der Waals surface area (Å²) in [6.45, 7) is 5.38. The number of hydrogen-bond donors (Lipinski definition) is 1. The summed E-state index contributed by atoms with van der Waals surface area (Å²) >= 11 is 0. The first-order valence-corrected chi connectivity index (χ1v) is 4.95. The molecule has 1 rings (SSSR count). The average molecular weight is 208 g/mol. The molecule has 0 aliphatic carbocycles. The molecule has 1 N–H and O–H groups in total. The van der Waals surface area contributed by atoms with Gasteiger partial charge < -0.3 is 9.84 Å². The Hall–Kier alpha value is -1.35. The topological polar surface area (TPSA) is 46.5 Å². The van der Waals surface area contributed by atoms with Crippen LogP contribution in [0.4, 0.5) is 0 Å². The van der Waals surface area contributed by atoms with Crippen LogP contribution in [0.2, 0.25) is 0 Å². The minimum Gasteiger partial charge on any atom is -0.494 e. The summed E-state index contributed by atoms with van der Waals surface area (Å²) in [6, 6.07) is 6.83. The van der Waals surface area contributed by atoms with Crippen LogP contribution in [-0.2, 0) is 0 Å². The second-order valence-electron chi connectivity index (χ2n) is 3.85. The van der Waals surface area contributed by atoms with E-state index in [-0.39, 0.29) is 5.78 Å². The molecular formula is C12H16O3. The van der Waals surface area contributed by atoms with Crippen LogP contribution in [0.15, 0.2) is 24.3 Å². The standard InChI is InChI=1S/C12H16O3/c1-4-15-10-7-5-6-9(8-10)11(13)12(2,3)14/h5-8,14H,4H2,1-3H3. The number of rotatable bonds is 4. The summed E-state index contributed by atoms with van der Waals surface area (Å²) in [6.07, 6.45) is 0. The molecule has 3 nitrogen and oxygen atoms in total. The fraction of sp³-hybridized carbons (Fsp3) is 0.417. The van der Waals surface area contributed by atoms with Crippen molar-refractivity contribution < 1.29 is 14.6 Å². The van der Waals surface area contributed by atoms with Gasteiger partial charge in [0.15, 0.2) is 5.78 Å². The third kappa shape index (κ3) is 3.06. The Labute approximate surface area is 89.7 Å². The number of hydrogen-bond acceptors (Lipinski definition) is 3. The Bertz CT molecular complexity index is 350. The molecule has 15 heavy (non-hydrogen) atoms. The van der Waals surface area contributed by atoms with Gasteiger partial charge in [-0.1, -0.05) is 12.1 Å². The third-order valence-electron chi connectivity index (χ3n) is 1.96. The Kier molecular flexibility index (Phi) is 3.48. The van der Waals surface area contributed by atoms with Crippen molar-refractivity contribution in [1.82, 2.24) is 0 Å². The predicted octanol–water partition coefficient (Wildman–Crippen LogP) is 2.04. The lowest BCUT2D eigenvalue weighted by molar-refractivity contribution is 0.0487. The van der Waals surface area contributed by atoms with Crippen molar-refractivity contribution in [3.63, 3.8) is 0 Å². The predicted molar refractivity (Wildman–Crippen MR) is 58.2 cm³/mol. The molecule has 0 unspecified atom stereocenters. The SMILES string of the molecule is CCOc1cccc(C(=O)C(C)(C)O)c1. The van der Waals surface area contributed by atoms with Crippen LogP contribution < -0.4 is 4.74 Å². The van der Waals surface area contributed by atoms with Crippen molar-refractivity contribution in [1.29, 1.82) is 0 Å². The van der Waals surface area contributed by atoms with E-state index in [0.717, 1.165) is 0 Å². The van der Waals surface area contributed by atoms with Gasteiger partial charge in [-0.2, -0.15) is 0 Å². The van der Waals surface area contributed by atoms with Gasteiger partial charge >= 0.3 is 0 Å². The lowest BCUT2D eigenvalue weighted by Gasteiger charge is -2.15. The number of benzene rings is 1. The summed E-state index contributed by atoms with van der Waals surface area (Å²) in [5.74, 6) is 0.344. The van der Waals surface area contributed by atoms with Gasteiger partial charge in [-0.15, -0.1) is 0 Å². The highest BCUT2D eigenvalue weighted by Crippen LogP contribution is 2.18. The quantitative estimate of drug-likeness (QED) is 0.770. The zero-order chi connectivity index (χ0) is 11.5. The highest BCUT2D eigenvalue weighted by atomic mass is 16.5. The van der Waals surface area contributed by atoms with E-state index in [1.165, 1.54) is 13.8 Å². The molecule has 1 aromatic rings. The first-order valence-electron chi connectivity index (χ1n) is 4.95. The first kappa shape index (κ1) is 11.7. The summed E-state index contributed by atoms with van der Waals surface area (Å²) in [5.41, 5.74) is -0.876. The molecule has 0 heterocycles. The Morgan fingerprint density at radius 3 is 2.67 bits per heavy atom. The maximum absolute atomic E-state index is 11.7. The number of Topliss-reactive ketones (excluding diaryl/α,β-unsaturated/α-hetero) is 1. The van der Waals surface area contributed by atoms with Crippen LogP contribution in [0.25, 0.3) is 0 Å². The van der Waals surface area contributed by atoms with Crippen LogP contribution in [-0.4, -0.2) is 23.1 Å². The molecule has 0 aliphatic rings. The fourth-order valence-electron chi connectivity index (χ4n) is 1.25. The number of carbonyl (C=O) groups is 1. The zero-order valence-corrected chi connectivity index (χ0v) is 9.28. The average Bonchev–Trinajstić information content (AvgIpc) is 2.16. The zero-order valence-electron chi connectivity index (χ0n) is 9.28. The van der Waals surface area contributed by atoms with Gasteiger partial charge in [0.25, 0.3) is 0 Å². The van der Waals surface area contributed by atoms with Crippen molar-refractivity contribution in [3.05, 3.63) is 29.8 Å². The first-order chi connectivity index (χ1) is 6.95. The van der Waals surface area contributed by atoms with Crippen molar-refractivity contribution >= 4 is 5.78 Å². The fourth-order valence-corrected chi connectivity index (χ4v) is 1.25. The molecule has 0 radical (unpaired) electrons. The largest absolute Gasteiger partial charge is 0.494 e. The van der Waals surface area contributed by atoms with Crippen molar-refractivity contribution in [2.75, 3.05) is 6.61 Å². The molecule has 0 atom stereocenters. The van der Waals surface area contributed by atoms with Crippen LogP contribution in [0.3, 0.4) is 0 Å². The molecule has 1 aromatic carbocycles. The van der Waals surface area contributed by atoms with Crippen LogP contribution in [0.1, 0.15) is 31.1 Å². The van der Waals surface area contributed by atoms with Crippen LogP contribution >= 0.6 is 0 Å². The van der Waals surface area contributed by atoms with E-state index in [9.17, 15) is 9.90 Å². The molecule has 0 spiro atoms. The minimum atomic E-state index is -1.34. The molecular weight excluding hydrogens is 192 g/mol. The second-order valence-corrected chi connectivity index (χ2v) is 3.85. The lowest BCUT2D eigenvalue weighted by atomic mass is 9.97. The highest BCUT2D eigenvalue weighted by Gasteiger charge is 2.25. The Morgan fingerprint density at radius 1 is 1.47 bits per heavy atom. The van der Waals surface area contributed by atoms with Gasteiger partial charge in [-0.3, -0.25) is 4.79 Å². The van der Waals surface area contributed by atoms with Gasteiger partial charge in [0, 0.05) is 5.56 Å². The maximum atomic E-state index is 11.7. The maximum Gasteiger partial charge on any atom is 0.193 e. The Balaban J connectivity index is 2.95. The van der Waals surface area contributed by atoms with E-state index in [2.05, 4.69) is 0 Å². The van der Waals surface area contributed by atoms with E-state index in [1.54, 1.807) is 24.3 Å². The van der Waals surface area contributed by atoms with E-state index < -0.39 is 5.60 Å². The molecule has 82 valence electrons. The van der Waals surface area contributed by atoms with E-state index in [0.29, 0.717) is 17.9 Å². The molecule has 0 fully saturated rings. The molecule has 0 aromatic heterocycles. The van der Waals surface area contributed by atoms with E-state index in [4.69, 9.17) is 4.74 Å². The molecule has 0 aliphatic heterocycles. The van der Waals surface area contributed by atoms with Gasteiger partial charge in [0.2, 0.25) is 0 Å². The number of ether oxygens (including phenoxy) is 1. The summed E-state index contributed by atoms with van der Waals surface area (Å²) in [4.78, 5) is 11.7. The van der Waals surface area contributed by atoms with E-state index in [1.807, 2.05) is 6.92 Å². The number of ketones is 1. The summed E-state index contributed by atoms with van der Waals surface area (Å²) in [5, 5.41) is 9.57. The smallest absolute Gasteiger partial charge is 0.193 e. The molecule has 0 saturated carbocycles. The summed E-state index contributed by atoms with van der Waals surface area (Å²) in [7, 11) is 0. The third-order valence-corrected chi connectivity index (χ3v) is 1.96. The number of aliphatic hydroxyl groups is 1. The van der Waals surface area contributed by atoms with Gasteiger partial charge in [0.1, 0.15) is 11.4 Å². The van der Waals surface area contributed by atoms with Crippen LogP contribution in [0.5, 0.6) is 5.75 Å². The van der Waals surface area contributed by atoms with E-state index >= 15 is 0 Å². The second kappa shape index (κ2) is 4.45. The van der Waals surface area contributed by atoms with Crippen LogP contribution in [0, 0.1) is 0 Å². The van der Waals surface area contributed by atoms with Gasteiger partial charge in [-0.25, -0.2) is 0 Å². The Morgan fingerprint density at radius 2 is 2.13 bits per heavy atom. The molecule has 3 heteroatoms. The van der Waals surface area contributed by atoms with Gasteiger partial charge in [0.05, 0.1) is 6.61 Å². The summed E-state index contributed by atoms with van der Waals surface area (Å²) < 4.78 is 5.28. The molecule has 0 bridgehead atoms. The normalized spacial score (nSPS) is 11.2. The molecule has 0 amide bonds. The lowest BCUT2D eigenvalue weighted by Crippen LogP contribution is -2.31. The minimum absolute atomic E-state index is 0.302. The highest BCUT2D eigenvalue weighted by molar-refractivity contribution is 6.01. The van der Waals surface area contributed by atoms with Crippen molar-refractivity contribution in [2.45, 2.75) is 26.4 Å².